The number of aromatic amines is 1. The number of likely N-dealkylation sites (tertiary alicyclic amines) is 1. The molecule has 0 saturated carbocycles. The van der Waals surface area contributed by atoms with E-state index >= 15 is 0 Å². The Kier molecular flexibility index (Phi) is 4.47. The van der Waals surface area contributed by atoms with Crippen LogP contribution in [-0.2, 0) is 9.84 Å². The Balaban J connectivity index is 1.46. The fourth-order valence-electron chi connectivity index (χ4n) is 3.56. The second-order valence-corrected chi connectivity index (χ2v) is 9.02. The first-order valence-corrected chi connectivity index (χ1v) is 10.8. The van der Waals surface area contributed by atoms with Gasteiger partial charge in [0.05, 0.1) is 15.9 Å². The predicted octanol–water partition coefficient (Wildman–Crippen LogP) is 2.99. The van der Waals surface area contributed by atoms with Gasteiger partial charge in [0, 0.05) is 30.8 Å². The number of rotatable bonds is 3. The number of hydrogen-bond acceptors (Lipinski definition) is 4. The van der Waals surface area contributed by atoms with Gasteiger partial charge in [0.1, 0.15) is 5.82 Å². The van der Waals surface area contributed by atoms with E-state index in [1.807, 2.05) is 24.3 Å². The highest BCUT2D eigenvalue weighted by molar-refractivity contribution is 7.90. The fourth-order valence-corrected chi connectivity index (χ4v) is 4.23. The van der Waals surface area contributed by atoms with Gasteiger partial charge in [-0.15, -0.1) is 0 Å². The van der Waals surface area contributed by atoms with E-state index in [1.165, 1.54) is 12.1 Å². The van der Waals surface area contributed by atoms with E-state index in [-0.39, 0.29) is 10.8 Å². The SMILES string of the molecule is CS(=O)(=O)c1cccc(C(=O)N2CCC(c3nc4ccccc4[nH]3)CC2)c1. The molecule has 7 heteroatoms. The highest BCUT2D eigenvalue weighted by Gasteiger charge is 2.26. The van der Waals surface area contributed by atoms with E-state index in [1.54, 1.807) is 17.0 Å². The van der Waals surface area contributed by atoms with Gasteiger partial charge in [-0.3, -0.25) is 4.79 Å². The summed E-state index contributed by atoms with van der Waals surface area (Å²) in [5.41, 5.74) is 2.41. The fraction of sp³-hybridized carbons (Fsp3) is 0.300. The smallest absolute Gasteiger partial charge is 0.253 e. The van der Waals surface area contributed by atoms with Crippen LogP contribution in [0, 0.1) is 0 Å². The van der Waals surface area contributed by atoms with Crippen LogP contribution in [0.2, 0.25) is 0 Å². The zero-order chi connectivity index (χ0) is 19.0. The molecule has 2 heterocycles. The van der Waals surface area contributed by atoms with E-state index in [0.29, 0.717) is 24.6 Å². The van der Waals surface area contributed by atoms with Crippen LogP contribution >= 0.6 is 0 Å². The normalized spacial score (nSPS) is 16.0. The number of carbonyl (C=O) groups is 1. The molecule has 3 aromatic rings. The van der Waals surface area contributed by atoms with Gasteiger partial charge in [-0.25, -0.2) is 13.4 Å². The van der Waals surface area contributed by atoms with Crippen LogP contribution in [0.1, 0.15) is 34.9 Å². The van der Waals surface area contributed by atoms with Crippen LogP contribution in [0.15, 0.2) is 53.4 Å². The minimum absolute atomic E-state index is 0.122. The van der Waals surface area contributed by atoms with Crippen molar-refractivity contribution >= 4 is 26.8 Å². The molecule has 0 spiro atoms. The summed E-state index contributed by atoms with van der Waals surface area (Å²) in [6.45, 7) is 1.26. The lowest BCUT2D eigenvalue weighted by molar-refractivity contribution is 0.0711. The first-order valence-electron chi connectivity index (χ1n) is 8.96. The largest absolute Gasteiger partial charge is 0.342 e. The number of H-pyrrole nitrogens is 1. The summed E-state index contributed by atoms with van der Waals surface area (Å²) in [4.78, 5) is 22.8. The molecule has 0 atom stereocenters. The highest BCUT2D eigenvalue weighted by atomic mass is 32.2. The van der Waals surface area contributed by atoms with E-state index < -0.39 is 9.84 Å². The number of amides is 1. The maximum Gasteiger partial charge on any atom is 0.253 e. The summed E-state index contributed by atoms with van der Waals surface area (Å²) < 4.78 is 23.4. The third-order valence-electron chi connectivity index (χ3n) is 5.09. The van der Waals surface area contributed by atoms with Crippen molar-refractivity contribution in [3.63, 3.8) is 0 Å². The number of nitrogens with zero attached hydrogens (tertiary/aromatic N) is 2. The number of aromatic nitrogens is 2. The van der Waals surface area contributed by atoms with Crippen molar-refractivity contribution in [1.82, 2.24) is 14.9 Å². The van der Waals surface area contributed by atoms with E-state index in [4.69, 9.17) is 0 Å². The molecule has 1 saturated heterocycles. The van der Waals surface area contributed by atoms with Crippen molar-refractivity contribution in [1.29, 1.82) is 0 Å². The number of sulfone groups is 1. The first-order chi connectivity index (χ1) is 12.9. The maximum absolute atomic E-state index is 12.8. The quantitative estimate of drug-likeness (QED) is 0.754. The van der Waals surface area contributed by atoms with Crippen molar-refractivity contribution in [3.8, 4) is 0 Å². The lowest BCUT2D eigenvalue weighted by Crippen LogP contribution is -2.38. The van der Waals surface area contributed by atoms with Crippen molar-refractivity contribution < 1.29 is 13.2 Å². The Morgan fingerprint density at radius 1 is 1.11 bits per heavy atom. The number of hydrogen-bond donors (Lipinski definition) is 1. The zero-order valence-electron chi connectivity index (χ0n) is 15.1. The van der Waals surface area contributed by atoms with Crippen LogP contribution in [0.3, 0.4) is 0 Å². The molecule has 0 unspecified atom stereocenters. The molecule has 4 rings (SSSR count). The predicted molar refractivity (Wildman–Crippen MR) is 104 cm³/mol. The Hall–Kier alpha value is -2.67. The number of fused-ring (bicyclic) bond motifs is 1. The van der Waals surface area contributed by atoms with Gasteiger partial charge < -0.3 is 9.88 Å². The topological polar surface area (TPSA) is 83.1 Å². The lowest BCUT2D eigenvalue weighted by Gasteiger charge is -2.31. The Morgan fingerprint density at radius 2 is 1.85 bits per heavy atom. The Labute approximate surface area is 158 Å². The van der Waals surface area contributed by atoms with E-state index in [0.717, 1.165) is 36.0 Å². The minimum atomic E-state index is -3.33. The molecule has 2 aromatic carbocycles. The van der Waals surface area contributed by atoms with E-state index in [2.05, 4.69) is 9.97 Å². The van der Waals surface area contributed by atoms with Crippen LogP contribution in [0.5, 0.6) is 0 Å². The summed E-state index contributed by atoms with van der Waals surface area (Å²) in [6, 6.07) is 14.2. The van der Waals surface area contributed by atoms with Crippen molar-refractivity contribution in [3.05, 3.63) is 59.9 Å². The molecular formula is C20H21N3O3S. The second kappa shape index (κ2) is 6.81. The number of piperidine rings is 1. The van der Waals surface area contributed by atoms with Crippen LogP contribution in [0.4, 0.5) is 0 Å². The van der Waals surface area contributed by atoms with Crippen LogP contribution in [0.25, 0.3) is 11.0 Å². The van der Waals surface area contributed by atoms with Gasteiger partial charge in [0.25, 0.3) is 5.91 Å². The third-order valence-corrected chi connectivity index (χ3v) is 6.20. The summed E-state index contributed by atoms with van der Waals surface area (Å²) >= 11 is 0. The molecule has 0 radical (unpaired) electrons. The molecule has 1 aliphatic heterocycles. The number of para-hydroxylation sites is 2. The molecule has 1 N–H and O–H groups in total. The van der Waals surface area contributed by atoms with Crippen molar-refractivity contribution in [2.45, 2.75) is 23.7 Å². The van der Waals surface area contributed by atoms with Crippen molar-refractivity contribution in [2.24, 2.45) is 0 Å². The number of benzene rings is 2. The van der Waals surface area contributed by atoms with Gasteiger partial charge in [-0.1, -0.05) is 18.2 Å². The Bertz CT molecular complexity index is 1060. The van der Waals surface area contributed by atoms with Gasteiger partial charge in [0.2, 0.25) is 0 Å². The molecule has 1 fully saturated rings. The molecule has 1 aromatic heterocycles. The lowest BCUT2D eigenvalue weighted by atomic mass is 9.95. The molecule has 1 amide bonds. The first kappa shape index (κ1) is 17.7. The van der Waals surface area contributed by atoms with Crippen LogP contribution < -0.4 is 0 Å². The number of nitrogens with one attached hydrogen (secondary N) is 1. The van der Waals surface area contributed by atoms with Gasteiger partial charge in [-0.05, 0) is 43.2 Å². The summed E-state index contributed by atoms with van der Waals surface area (Å²) in [5.74, 6) is 1.15. The van der Waals surface area contributed by atoms with Crippen molar-refractivity contribution in [2.75, 3.05) is 19.3 Å². The van der Waals surface area contributed by atoms with Gasteiger partial charge >= 0.3 is 0 Å². The average molecular weight is 383 g/mol. The number of carbonyl (C=O) groups excluding carboxylic acids is 1. The molecular weight excluding hydrogens is 362 g/mol. The molecule has 6 nitrogen and oxygen atoms in total. The molecule has 140 valence electrons. The minimum Gasteiger partial charge on any atom is -0.342 e. The average Bonchev–Trinajstić information content (AvgIpc) is 3.11. The summed E-state index contributed by atoms with van der Waals surface area (Å²) in [5, 5.41) is 0. The molecule has 0 bridgehead atoms. The molecule has 27 heavy (non-hydrogen) atoms. The zero-order valence-corrected chi connectivity index (χ0v) is 15.9. The standard InChI is InChI=1S/C20H21N3O3S/c1-27(25,26)16-6-4-5-15(13-16)20(24)23-11-9-14(10-12-23)19-21-17-7-2-3-8-18(17)22-19/h2-8,13-14H,9-12H2,1H3,(H,21,22). The van der Waals surface area contributed by atoms with Crippen LogP contribution in [-0.4, -0.2) is 48.5 Å². The summed E-state index contributed by atoms with van der Waals surface area (Å²) in [6.07, 6.45) is 2.81. The monoisotopic (exact) mass is 383 g/mol. The van der Waals surface area contributed by atoms with Gasteiger partial charge in [0.15, 0.2) is 9.84 Å². The highest BCUT2D eigenvalue weighted by Crippen LogP contribution is 2.28. The summed E-state index contributed by atoms with van der Waals surface area (Å²) in [7, 11) is -3.33. The molecule has 1 aliphatic rings. The number of imidazole rings is 1. The second-order valence-electron chi connectivity index (χ2n) is 7.01. The third kappa shape index (κ3) is 3.60. The maximum atomic E-state index is 12.8. The Morgan fingerprint density at radius 3 is 2.56 bits per heavy atom. The van der Waals surface area contributed by atoms with E-state index in [9.17, 15) is 13.2 Å². The molecule has 0 aliphatic carbocycles. The van der Waals surface area contributed by atoms with Gasteiger partial charge in [-0.2, -0.15) is 0 Å².